The Morgan fingerprint density at radius 2 is 2.11 bits per heavy atom. The molecule has 0 saturated carbocycles. The van der Waals surface area contributed by atoms with E-state index in [2.05, 4.69) is 33.0 Å². The summed E-state index contributed by atoms with van der Waals surface area (Å²) in [4.78, 5) is 0. The maximum atomic E-state index is 3.42. The summed E-state index contributed by atoms with van der Waals surface area (Å²) in [6, 6.07) is 0.650. The first-order valence-electron chi connectivity index (χ1n) is 3.61. The van der Waals surface area contributed by atoms with Crippen molar-refractivity contribution in [1.82, 2.24) is 5.32 Å². The van der Waals surface area contributed by atoms with Crippen LogP contribution < -0.4 is 5.32 Å². The van der Waals surface area contributed by atoms with Crippen LogP contribution in [0.1, 0.15) is 27.7 Å². The summed E-state index contributed by atoms with van der Waals surface area (Å²) in [5, 5.41) is 3.42. The van der Waals surface area contributed by atoms with Gasteiger partial charge in [-0.05, 0) is 18.3 Å². The van der Waals surface area contributed by atoms with Crippen molar-refractivity contribution >= 4 is 0 Å². The highest BCUT2D eigenvalue weighted by Crippen LogP contribution is 2.36. The maximum Gasteiger partial charge on any atom is 0.00960 e. The Bertz CT molecular complexity index is 95.1. The zero-order valence-electron chi connectivity index (χ0n) is 6.78. The molecule has 0 amide bonds. The van der Waals surface area contributed by atoms with E-state index in [9.17, 15) is 0 Å². The molecule has 1 atom stereocenters. The van der Waals surface area contributed by atoms with Gasteiger partial charge < -0.3 is 5.32 Å². The van der Waals surface area contributed by atoms with E-state index in [-0.39, 0.29) is 0 Å². The Labute approximate surface area is 57.8 Å². The second kappa shape index (κ2) is 1.98. The highest BCUT2D eigenvalue weighted by atomic mass is 15.0. The fraction of sp³-hybridized carbons (Fsp3) is 0.875. The minimum absolute atomic E-state index is 0.417. The molecular formula is C8H16N. The molecule has 1 aliphatic heterocycles. The Hall–Kier alpha value is -0.0400. The Balaban J connectivity index is 2.66. The summed E-state index contributed by atoms with van der Waals surface area (Å²) in [6.07, 6.45) is 0. The summed E-state index contributed by atoms with van der Waals surface area (Å²) < 4.78 is 0. The van der Waals surface area contributed by atoms with Crippen LogP contribution in [0.2, 0.25) is 0 Å². The maximum absolute atomic E-state index is 3.42. The molecule has 0 aromatic carbocycles. The Kier molecular flexibility index (Phi) is 1.55. The minimum atomic E-state index is 0.417. The van der Waals surface area contributed by atoms with Crippen LogP contribution in [0.3, 0.4) is 0 Å². The van der Waals surface area contributed by atoms with Crippen LogP contribution in [0.25, 0.3) is 0 Å². The molecule has 1 unspecified atom stereocenters. The summed E-state index contributed by atoms with van der Waals surface area (Å²) in [5.41, 5.74) is 0.417. The number of hydrogen-bond acceptors (Lipinski definition) is 1. The van der Waals surface area contributed by atoms with Crippen LogP contribution in [-0.4, -0.2) is 12.6 Å². The summed E-state index contributed by atoms with van der Waals surface area (Å²) in [6.45, 7) is 10.2. The third-order valence-electron chi connectivity index (χ3n) is 2.86. The van der Waals surface area contributed by atoms with E-state index in [1.807, 2.05) is 0 Å². The van der Waals surface area contributed by atoms with Crippen LogP contribution in [-0.2, 0) is 0 Å². The average Bonchev–Trinajstić information content (AvgIpc) is 1.96. The van der Waals surface area contributed by atoms with Gasteiger partial charge in [0.25, 0.3) is 0 Å². The molecule has 0 bridgehead atoms. The Morgan fingerprint density at radius 3 is 2.22 bits per heavy atom. The van der Waals surface area contributed by atoms with E-state index in [0.717, 1.165) is 6.54 Å². The van der Waals surface area contributed by atoms with Crippen molar-refractivity contribution in [3.8, 4) is 0 Å². The van der Waals surface area contributed by atoms with Gasteiger partial charge in [-0.3, -0.25) is 0 Å². The molecular weight excluding hydrogens is 110 g/mol. The van der Waals surface area contributed by atoms with Crippen molar-refractivity contribution in [2.24, 2.45) is 5.41 Å². The molecule has 0 aliphatic carbocycles. The van der Waals surface area contributed by atoms with Crippen molar-refractivity contribution in [3.63, 3.8) is 0 Å². The predicted octanol–water partition coefficient (Wildman–Crippen LogP) is 1.60. The Morgan fingerprint density at radius 1 is 1.56 bits per heavy atom. The standard InChI is InChI=1S/C8H16N/c1-6-5-9-7(2)8(6,3)4/h7,9H,5H2,1-4H3. The van der Waals surface area contributed by atoms with Gasteiger partial charge in [0.05, 0.1) is 0 Å². The second-order valence-electron chi connectivity index (χ2n) is 3.60. The predicted molar refractivity (Wildman–Crippen MR) is 40.2 cm³/mol. The van der Waals surface area contributed by atoms with Crippen LogP contribution in [0.4, 0.5) is 0 Å². The topological polar surface area (TPSA) is 12.0 Å². The van der Waals surface area contributed by atoms with Gasteiger partial charge in [0.15, 0.2) is 0 Å². The molecule has 1 rings (SSSR count). The van der Waals surface area contributed by atoms with E-state index in [1.54, 1.807) is 5.92 Å². The lowest BCUT2D eigenvalue weighted by Gasteiger charge is -2.26. The fourth-order valence-corrected chi connectivity index (χ4v) is 1.16. The zero-order chi connectivity index (χ0) is 7.07. The van der Waals surface area contributed by atoms with Crippen molar-refractivity contribution in [1.29, 1.82) is 0 Å². The molecule has 0 aromatic rings. The van der Waals surface area contributed by atoms with E-state index < -0.39 is 0 Å². The van der Waals surface area contributed by atoms with E-state index in [0.29, 0.717) is 11.5 Å². The molecule has 1 aliphatic rings. The molecule has 1 heterocycles. The number of rotatable bonds is 0. The normalized spacial score (nSPS) is 35.3. The van der Waals surface area contributed by atoms with Gasteiger partial charge >= 0.3 is 0 Å². The molecule has 0 spiro atoms. The molecule has 1 nitrogen and oxygen atoms in total. The smallest absolute Gasteiger partial charge is 0.00960 e. The molecule has 1 heteroatoms. The van der Waals surface area contributed by atoms with Crippen LogP contribution in [0.15, 0.2) is 0 Å². The van der Waals surface area contributed by atoms with Gasteiger partial charge in [-0.25, -0.2) is 0 Å². The summed E-state index contributed by atoms with van der Waals surface area (Å²) in [7, 11) is 0. The first-order chi connectivity index (χ1) is 4.05. The molecule has 1 saturated heterocycles. The second-order valence-corrected chi connectivity index (χ2v) is 3.60. The van der Waals surface area contributed by atoms with Gasteiger partial charge in [-0.1, -0.05) is 20.8 Å². The monoisotopic (exact) mass is 126 g/mol. The molecule has 0 aromatic heterocycles. The first-order valence-corrected chi connectivity index (χ1v) is 3.61. The van der Waals surface area contributed by atoms with Crippen LogP contribution >= 0.6 is 0 Å². The molecule has 1 N–H and O–H groups in total. The zero-order valence-corrected chi connectivity index (χ0v) is 6.78. The average molecular weight is 126 g/mol. The number of hydrogen-bond donors (Lipinski definition) is 1. The molecule has 53 valence electrons. The van der Waals surface area contributed by atoms with Gasteiger partial charge in [-0.15, -0.1) is 0 Å². The van der Waals surface area contributed by atoms with Crippen LogP contribution in [0, 0.1) is 11.3 Å². The van der Waals surface area contributed by atoms with E-state index >= 15 is 0 Å². The fourth-order valence-electron chi connectivity index (χ4n) is 1.16. The quantitative estimate of drug-likeness (QED) is 0.520. The molecule has 9 heavy (non-hydrogen) atoms. The minimum Gasteiger partial charge on any atom is -0.313 e. The lowest BCUT2D eigenvalue weighted by molar-refractivity contribution is 0.356. The van der Waals surface area contributed by atoms with E-state index in [1.165, 1.54) is 0 Å². The van der Waals surface area contributed by atoms with Gasteiger partial charge in [0, 0.05) is 12.6 Å². The summed E-state index contributed by atoms with van der Waals surface area (Å²) >= 11 is 0. The van der Waals surface area contributed by atoms with Crippen molar-refractivity contribution in [2.45, 2.75) is 33.7 Å². The van der Waals surface area contributed by atoms with Crippen molar-refractivity contribution < 1.29 is 0 Å². The highest BCUT2D eigenvalue weighted by Gasteiger charge is 2.37. The van der Waals surface area contributed by atoms with Gasteiger partial charge in [0.2, 0.25) is 0 Å². The first kappa shape index (κ1) is 7.07. The van der Waals surface area contributed by atoms with Crippen molar-refractivity contribution in [3.05, 3.63) is 5.92 Å². The van der Waals surface area contributed by atoms with Crippen LogP contribution in [0.5, 0.6) is 0 Å². The number of nitrogens with one attached hydrogen (secondary N) is 1. The molecule has 1 fully saturated rings. The summed E-state index contributed by atoms with van der Waals surface area (Å²) in [5.74, 6) is 1.58. The van der Waals surface area contributed by atoms with Gasteiger partial charge in [0.1, 0.15) is 0 Å². The van der Waals surface area contributed by atoms with Gasteiger partial charge in [-0.2, -0.15) is 0 Å². The van der Waals surface area contributed by atoms with Crippen molar-refractivity contribution in [2.75, 3.05) is 6.54 Å². The lowest BCUT2D eigenvalue weighted by Crippen LogP contribution is -2.29. The third-order valence-corrected chi connectivity index (χ3v) is 2.86. The van der Waals surface area contributed by atoms with E-state index in [4.69, 9.17) is 0 Å². The SMILES string of the molecule is C[C]1CNC(C)C1(C)C. The lowest BCUT2D eigenvalue weighted by atomic mass is 9.78. The highest BCUT2D eigenvalue weighted by molar-refractivity contribution is 5.11. The third kappa shape index (κ3) is 0.983. The molecule has 1 radical (unpaired) electrons. The largest absolute Gasteiger partial charge is 0.313 e.